The van der Waals surface area contributed by atoms with Gasteiger partial charge in [0.2, 0.25) is 0 Å². The molecule has 154 valence electrons. The minimum atomic E-state index is 0.683. The van der Waals surface area contributed by atoms with Gasteiger partial charge in [0.25, 0.3) is 0 Å². The highest BCUT2D eigenvalue weighted by atomic mass is 16.5. The Morgan fingerprint density at radius 1 is 1.00 bits per heavy atom. The highest BCUT2D eigenvalue weighted by Crippen LogP contribution is 2.38. The Morgan fingerprint density at radius 2 is 1.72 bits per heavy atom. The van der Waals surface area contributed by atoms with Crippen molar-refractivity contribution in [3.05, 3.63) is 35.8 Å². The van der Waals surface area contributed by atoms with Crippen molar-refractivity contribution in [3.8, 4) is 22.8 Å². The average molecular weight is 395 g/mol. The minimum Gasteiger partial charge on any atom is -0.493 e. The highest BCUT2D eigenvalue weighted by molar-refractivity contribution is 5.96. The summed E-state index contributed by atoms with van der Waals surface area (Å²) in [6.07, 6.45) is 6.66. The van der Waals surface area contributed by atoms with Crippen LogP contribution in [0.15, 0.2) is 28.7 Å². The molecule has 4 rings (SSSR count). The smallest absolute Gasteiger partial charge is 0.162 e. The minimum absolute atomic E-state index is 0.683. The maximum Gasteiger partial charge on any atom is 0.162 e. The topological polar surface area (TPSA) is 56.5 Å². The number of benzene rings is 1. The number of nitrogens with zero attached hydrogens (tertiary/aromatic N) is 1. The molecule has 1 N–H and O–H groups in total. The average Bonchev–Trinajstić information content (AvgIpc) is 3.09. The van der Waals surface area contributed by atoms with E-state index >= 15 is 0 Å². The van der Waals surface area contributed by atoms with Crippen molar-refractivity contribution >= 4 is 16.6 Å². The molecular formula is C24H30N2O3. The number of nitrogens with one attached hydrogen (secondary N) is 1. The van der Waals surface area contributed by atoms with Gasteiger partial charge in [-0.3, -0.25) is 0 Å². The molecule has 0 saturated heterocycles. The Morgan fingerprint density at radius 3 is 2.38 bits per heavy atom. The van der Waals surface area contributed by atoms with E-state index in [1.54, 1.807) is 14.2 Å². The molecule has 0 atom stereocenters. The third-order valence-electron chi connectivity index (χ3n) is 5.94. The standard InChI is InChI=1S/C24H30N2O3/c1-15-10-18(16(2)29-15)21-12-20(25-14-17-8-6-5-7-9-17)19-11-23(27-3)24(28-4)13-22(19)26-21/h10-13,17H,5-9,14H2,1-4H3,(H,25,26). The summed E-state index contributed by atoms with van der Waals surface area (Å²) in [5, 5.41) is 4.76. The summed E-state index contributed by atoms with van der Waals surface area (Å²) < 4.78 is 16.8. The summed E-state index contributed by atoms with van der Waals surface area (Å²) in [6.45, 7) is 4.93. The fourth-order valence-corrected chi connectivity index (χ4v) is 4.37. The summed E-state index contributed by atoms with van der Waals surface area (Å²) in [5.41, 5.74) is 3.89. The molecular weight excluding hydrogens is 364 g/mol. The van der Waals surface area contributed by atoms with Crippen LogP contribution < -0.4 is 14.8 Å². The lowest BCUT2D eigenvalue weighted by Gasteiger charge is -2.23. The number of ether oxygens (including phenoxy) is 2. The molecule has 1 fully saturated rings. The molecule has 5 heteroatoms. The Labute approximate surface area is 172 Å². The zero-order valence-corrected chi connectivity index (χ0v) is 17.8. The van der Waals surface area contributed by atoms with Crippen molar-refractivity contribution < 1.29 is 13.9 Å². The molecule has 5 nitrogen and oxygen atoms in total. The number of rotatable bonds is 6. The highest BCUT2D eigenvalue weighted by Gasteiger charge is 2.17. The van der Waals surface area contributed by atoms with Gasteiger partial charge in [0.15, 0.2) is 11.5 Å². The number of hydrogen-bond acceptors (Lipinski definition) is 5. The molecule has 1 aliphatic carbocycles. The molecule has 0 spiro atoms. The normalized spacial score (nSPS) is 14.9. The van der Waals surface area contributed by atoms with Gasteiger partial charge in [0.1, 0.15) is 11.5 Å². The van der Waals surface area contributed by atoms with Crippen LogP contribution in [0.1, 0.15) is 43.6 Å². The molecule has 0 bridgehead atoms. The summed E-state index contributed by atoms with van der Waals surface area (Å²) in [5.74, 6) is 3.90. The number of anilines is 1. The molecule has 0 radical (unpaired) electrons. The van der Waals surface area contributed by atoms with Crippen molar-refractivity contribution in [2.45, 2.75) is 46.0 Å². The van der Waals surface area contributed by atoms with Crippen LogP contribution in [0.4, 0.5) is 5.69 Å². The summed E-state index contributed by atoms with van der Waals surface area (Å²) in [4.78, 5) is 4.92. The van der Waals surface area contributed by atoms with Crippen LogP contribution in [-0.4, -0.2) is 25.7 Å². The van der Waals surface area contributed by atoms with Crippen LogP contribution in [0, 0.1) is 19.8 Å². The molecule has 0 amide bonds. The molecule has 1 saturated carbocycles. The lowest BCUT2D eigenvalue weighted by Crippen LogP contribution is -2.17. The first-order valence-electron chi connectivity index (χ1n) is 10.5. The van der Waals surface area contributed by atoms with Crippen molar-refractivity contribution in [3.63, 3.8) is 0 Å². The SMILES string of the molecule is COc1cc2nc(-c3cc(C)oc3C)cc(NCC3CCCCC3)c2cc1OC. The molecule has 29 heavy (non-hydrogen) atoms. The quantitative estimate of drug-likeness (QED) is 0.546. The van der Waals surface area contributed by atoms with Crippen LogP contribution in [0.25, 0.3) is 22.2 Å². The number of pyridine rings is 1. The largest absolute Gasteiger partial charge is 0.493 e. The van der Waals surface area contributed by atoms with E-state index in [0.29, 0.717) is 11.5 Å². The van der Waals surface area contributed by atoms with E-state index in [1.165, 1.54) is 32.1 Å². The Kier molecular flexibility index (Phi) is 5.65. The van der Waals surface area contributed by atoms with Crippen LogP contribution in [0.5, 0.6) is 11.5 Å². The van der Waals surface area contributed by atoms with Gasteiger partial charge < -0.3 is 19.2 Å². The van der Waals surface area contributed by atoms with E-state index in [-0.39, 0.29) is 0 Å². The first-order chi connectivity index (χ1) is 14.1. The Hall–Kier alpha value is -2.69. The fourth-order valence-electron chi connectivity index (χ4n) is 4.37. The van der Waals surface area contributed by atoms with Gasteiger partial charge in [-0.15, -0.1) is 0 Å². The summed E-state index contributed by atoms with van der Waals surface area (Å²) in [7, 11) is 3.32. The van der Waals surface area contributed by atoms with E-state index in [9.17, 15) is 0 Å². The maximum absolute atomic E-state index is 5.75. The predicted molar refractivity (Wildman–Crippen MR) is 117 cm³/mol. The number of aromatic nitrogens is 1. The molecule has 2 aromatic heterocycles. The van der Waals surface area contributed by atoms with Gasteiger partial charge in [0.05, 0.1) is 25.4 Å². The molecule has 1 aliphatic rings. The lowest BCUT2D eigenvalue weighted by molar-refractivity contribution is 0.356. The summed E-state index contributed by atoms with van der Waals surface area (Å²) in [6, 6.07) is 8.15. The third kappa shape index (κ3) is 4.04. The number of hydrogen-bond donors (Lipinski definition) is 1. The van der Waals surface area contributed by atoms with E-state index in [1.807, 2.05) is 26.0 Å². The molecule has 1 aromatic carbocycles. The van der Waals surface area contributed by atoms with Crippen molar-refractivity contribution in [2.75, 3.05) is 26.1 Å². The number of methoxy groups -OCH3 is 2. The molecule has 2 heterocycles. The van der Waals surface area contributed by atoms with Gasteiger partial charge in [-0.05, 0) is 50.8 Å². The lowest BCUT2D eigenvalue weighted by atomic mass is 9.89. The third-order valence-corrected chi connectivity index (χ3v) is 5.94. The zero-order chi connectivity index (χ0) is 20.4. The molecule has 0 unspecified atom stereocenters. The van der Waals surface area contributed by atoms with Crippen LogP contribution in [-0.2, 0) is 0 Å². The number of fused-ring (bicyclic) bond motifs is 1. The number of furan rings is 1. The second-order valence-electron chi connectivity index (χ2n) is 7.99. The van der Waals surface area contributed by atoms with Gasteiger partial charge in [-0.1, -0.05) is 19.3 Å². The number of aryl methyl sites for hydroxylation is 2. The van der Waals surface area contributed by atoms with Crippen LogP contribution >= 0.6 is 0 Å². The van der Waals surface area contributed by atoms with E-state index in [4.69, 9.17) is 18.9 Å². The van der Waals surface area contributed by atoms with Gasteiger partial charge in [0, 0.05) is 29.2 Å². The van der Waals surface area contributed by atoms with Gasteiger partial charge >= 0.3 is 0 Å². The molecule has 3 aromatic rings. The first-order valence-corrected chi connectivity index (χ1v) is 10.5. The van der Waals surface area contributed by atoms with Crippen LogP contribution in [0.2, 0.25) is 0 Å². The second-order valence-corrected chi connectivity index (χ2v) is 7.99. The fraction of sp³-hybridized carbons (Fsp3) is 0.458. The Bertz CT molecular complexity index is 1000. The molecule has 0 aliphatic heterocycles. The summed E-state index contributed by atoms with van der Waals surface area (Å²) >= 11 is 0. The van der Waals surface area contributed by atoms with Crippen LogP contribution in [0.3, 0.4) is 0 Å². The van der Waals surface area contributed by atoms with Gasteiger partial charge in [-0.2, -0.15) is 0 Å². The second kappa shape index (κ2) is 8.36. The first kappa shape index (κ1) is 19.6. The zero-order valence-electron chi connectivity index (χ0n) is 17.8. The van der Waals surface area contributed by atoms with Crippen molar-refractivity contribution in [2.24, 2.45) is 5.92 Å². The maximum atomic E-state index is 5.75. The van der Waals surface area contributed by atoms with Gasteiger partial charge in [-0.25, -0.2) is 4.98 Å². The van der Waals surface area contributed by atoms with Crippen molar-refractivity contribution in [1.82, 2.24) is 4.98 Å². The van der Waals surface area contributed by atoms with Crippen molar-refractivity contribution in [1.29, 1.82) is 0 Å². The predicted octanol–water partition coefficient (Wildman–Crippen LogP) is 6.12. The van der Waals surface area contributed by atoms with E-state index in [2.05, 4.69) is 17.4 Å². The van der Waals surface area contributed by atoms with E-state index < -0.39 is 0 Å². The monoisotopic (exact) mass is 394 g/mol. The van der Waals surface area contributed by atoms with E-state index in [0.717, 1.165) is 51.8 Å². The Balaban J connectivity index is 1.79.